The number of ether oxygens (including phenoxy) is 1. The summed E-state index contributed by atoms with van der Waals surface area (Å²) in [6.45, 7) is 3.54. The van der Waals surface area contributed by atoms with Gasteiger partial charge in [0.05, 0.1) is 12.0 Å². The summed E-state index contributed by atoms with van der Waals surface area (Å²) in [7, 11) is 1.59. The highest BCUT2D eigenvalue weighted by Crippen LogP contribution is 2.35. The van der Waals surface area contributed by atoms with Gasteiger partial charge in [0.25, 0.3) is 0 Å². The average Bonchev–Trinajstić information content (AvgIpc) is 2.61. The number of hydrogen-bond acceptors (Lipinski definition) is 8. The summed E-state index contributed by atoms with van der Waals surface area (Å²) in [4.78, 5) is 21.4. The fourth-order valence-electron chi connectivity index (χ4n) is 3.10. The van der Waals surface area contributed by atoms with Crippen LogP contribution < -0.4 is 20.7 Å². The number of nitrogens with zero attached hydrogens (tertiary/aromatic N) is 4. The quantitative estimate of drug-likeness (QED) is 0.618. The van der Waals surface area contributed by atoms with Gasteiger partial charge in [-0.1, -0.05) is 6.92 Å². The van der Waals surface area contributed by atoms with Crippen LogP contribution in [0.2, 0.25) is 0 Å². The van der Waals surface area contributed by atoms with Crippen molar-refractivity contribution in [2.24, 2.45) is 5.92 Å². The van der Waals surface area contributed by atoms with Crippen molar-refractivity contribution in [1.82, 2.24) is 9.97 Å². The minimum atomic E-state index is -0.513. The van der Waals surface area contributed by atoms with Gasteiger partial charge in [0.2, 0.25) is 17.6 Å². The summed E-state index contributed by atoms with van der Waals surface area (Å²) in [6.07, 6.45) is 2.06. The van der Waals surface area contributed by atoms with Crippen LogP contribution in [0.5, 0.6) is 5.75 Å². The molecule has 3 rings (SSSR count). The molecule has 1 aromatic heterocycles. The summed E-state index contributed by atoms with van der Waals surface area (Å²) < 4.78 is 5.13. The highest BCUT2D eigenvalue weighted by Gasteiger charge is 2.29. The molecule has 9 heteroatoms. The fourth-order valence-corrected chi connectivity index (χ4v) is 3.10. The molecular formula is C17H22N6O3. The Bertz CT molecular complexity index is 796. The molecule has 26 heavy (non-hydrogen) atoms. The second-order valence-corrected chi connectivity index (χ2v) is 6.41. The SMILES string of the molecule is COc1ccc(Nc2nc(N)c([N+](=O)[O-])c(N3CCCC(C)C3)n2)cc1. The molecule has 0 saturated carbocycles. The van der Waals surface area contributed by atoms with Crippen LogP contribution >= 0.6 is 0 Å². The summed E-state index contributed by atoms with van der Waals surface area (Å²) in [5, 5.41) is 14.5. The van der Waals surface area contributed by atoms with Crippen LogP contribution in [0.1, 0.15) is 19.8 Å². The number of piperidine rings is 1. The van der Waals surface area contributed by atoms with Crippen molar-refractivity contribution in [3.05, 3.63) is 34.4 Å². The lowest BCUT2D eigenvalue weighted by Crippen LogP contribution is -2.35. The number of methoxy groups -OCH3 is 1. The highest BCUT2D eigenvalue weighted by molar-refractivity contribution is 5.72. The van der Waals surface area contributed by atoms with Crippen molar-refractivity contribution in [2.45, 2.75) is 19.8 Å². The Morgan fingerprint density at radius 1 is 1.35 bits per heavy atom. The molecule has 0 bridgehead atoms. The van der Waals surface area contributed by atoms with Crippen molar-refractivity contribution in [2.75, 3.05) is 36.1 Å². The second-order valence-electron chi connectivity index (χ2n) is 6.41. The zero-order chi connectivity index (χ0) is 18.7. The van der Waals surface area contributed by atoms with Gasteiger partial charge in [0, 0.05) is 18.8 Å². The van der Waals surface area contributed by atoms with Gasteiger partial charge < -0.3 is 20.7 Å². The van der Waals surface area contributed by atoms with E-state index in [-0.39, 0.29) is 23.3 Å². The number of nitrogen functional groups attached to an aromatic ring is 1. The van der Waals surface area contributed by atoms with Gasteiger partial charge in [-0.15, -0.1) is 0 Å². The van der Waals surface area contributed by atoms with E-state index in [0.29, 0.717) is 19.0 Å². The predicted molar refractivity (Wildman–Crippen MR) is 100.0 cm³/mol. The minimum Gasteiger partial charge on any atom is -0.497 e. The van der Waals surface area contributed by atoms with Crippen molar-refractivity contribution in [3.63, 3.8) is 0 Å². The molecule has 1 atom stereocenters. The molecule has 9 nitrogen and oxygen atoms in total. The molecule has 1 saturated heterocycles. The van der Waals surface area contributed by atoms with Crippen LogP contribution in [0.3, 0.4) is 0 Å². The summed E-state index contributed by atoms with van der Waals surface area (Å²) in [6, 6.07) is 7.21. The predicted octanol–water partition coefficient (Wildman–Crippen LogP) is 2.96. The van der Waals surface area contributed by atoms with Gasteiger partial charge in [-0.25, -0.2) is 0 Å². The lowest BCUT2D eigenvalue weighted by atomic mass is 10.0. The standard InChI is InChI=1S/C17H22N6O3/c1-11-4-3-9-22(10-11)16-14(23(24)25)15(18)20-17(21-16)19-12-5-7-13(26-2)8-6-12/h5-8,11H,3-4,9-10H2,1-2H3,(H3,18,19,20,21). The van der Waals surface area contributed by atoms with E-state index in [4.69, 9.17) is 10.5 Å². The molecule has 1 fully saturated rings. The molecule has 1 aliphatic heterocycles. The minimum absolute atomic E-state index is 0.144. The molecule has 3 N–H and O–H groups in total. The Morgan fingerprint density at radius 3 is 2.69 bits per heavy atom. The monoisotopic (exact) mass is 358 g/mol. The maximum Gasteiger partial charge on any atom is 0.353 e. The number of nitro groups is 1. The van der Waals surface area contributed by atoms with Gasteiger partial charge >= 0.3 is 5.69 Å². The maximum atomic E-state index is 11.5. The van der Waals surface area contributed by atoms with Crippen molar-refractivity contribution in [3.8, 4) is 5.75 Å². The molecule has 1 aromatic carbocycles. The van der Waals surface area contributed by atoms with Crippen LogP contribution in [-0.4, -0.2) is 35.1 Å². The Kier molecular flexibility index (Phi) is 5.06. The Hall–Kier alpha value is -3.10. The number of aromatic nitrogens is 2. The Balaban J connectivity index is 1.94. The van der Waals surface area contributed by atoms with E-state index in [0.717, 1.165) is 24.3 Å². The highest BCUT2D eigenvalue weighted by atomic mass is 16.6. The van der Waals surface area contributed by atoms with E-state index in [1.165, 1.54) is 0 Å². The zero-order valence-corrected chi connectivity index (χ0v) is 14.8. The molecule has 0 radical (unpaired) electrons. The van der Waals surface area contributed by atoms with Gasteiger partial charge in [0.15, 0.2) is 0 Å². The average molecular weight is 358 g/mol. The molecule has 0 amide bonds. The second kappa shape index (κ2) is 7.42. The van der Waals surface area contributed by atoms with Crippen LogP contribution in [0.25, 0.3) is 0 Å². The molecule has 1 aliphatic rings. The number of anilines is 4. The van der Waals surface area contributed by atoms with Crippen LogP contribution in [0.15, 0.2) is 24.3 Å². The normalized spacial score (nSPS) is 17.0. The number of rotatable bonds is 5. The van der Waals surface area contributed by atoms with E-state index in [1.807, 2.05) is 17.0 Å². The first kappa shape index (κ1) is 17.7. The van der Waals surface area contributed by atoms with Crippen LogP contribution in [-0.2, 0) is 0 Å². The summed E-state index contributed by atoms with van der Waals surface area (Å²) in [5.41, 5.74) is 6.38. The summed E-state index contributed by atoms with van der Waals surface area (Å²) in [5.74, 6) is 1.52. The molecule has 1 unspecified atom stereocenters. The van der Waals surface area contributed by atoms with Crippen molar-refractivity contribution >= 4 is 29.0 Å². The van der Waals surface area contributed by atoms with E-state index in [9.17, 15) is 10.1 Å². The van der Waals surface area contributed by atoms with E-state index in [1.54, 1.807) is 19.2 Å². The number of nitrogens with two attached hydrogens (primary N) is 1. The van der Waals surface area contributed by atoms with Gasteiger partial charge in [-0.2, -0.15) is 9.97 Å². The van der Waals surface area contributed by atoms with Crippen molar-refractivity contribution in [1.29, 1.82) is 0 Å². The van der Waals surface area contributed by atoms with Gasteiger partial charge in [0.1, 0.15) is 5.75 Å². The van der Waals surface area contributed by atoms with Gasteiger partial charge in [-0.05, 0) is 43.0 Å². The molecule has 2 heterocycles. The third-order valence-corrected chi connectivity index (χ3v) is 4.38. The number of nitrogens with one attached hydrogen (secondary N) is 1. The molecule has 0 aliphatic carbocycles. The van der Waals surface area contributed by atoms with Crippen molar-refractivity contribution < 1.29 is 9.66 Å². The first-order chi connectivity index (χ1) is 12.5. The maximum absolute atomic E-state index is 11.5. The first-order valence-corrected chi connectivity index (χ1v) is 8.46. The summed E-state index contributed by atoms with van der Waals surface area (Å²) >= 11 is 0. The first-order valence-electron chi connectivity index (χ1n) is 8.46. The van der Waals surface area contributed by atoms with Gasteiger partial charge in [-0.3, -0.25) is 10.1 Å². The topological polar surface area (TPSA) is 119 Å². The van der Waals surface area contributed by atoms with Crippen LogP contribution in [0.4, 0.5) is 29.0 Å². The smallest absolute Gasteiger partial charge is 0.353 e. The Labute approximate surface area is 151 Å². The lowest BCUT2D eigenvalue weighted by Gasteiger charge is -2.31. The van der Waals surface area contributed by atoms with E-state index < -0.39 is 4.92 Å². The third-order valence-electron chi connectivity index (χ3n) is 4.38. The third kappa shape index (κ3) is 3.76. The zero-order valence-electron chi connectivity index (χ0n) is 14.8. The number of benzene rings is 1. The fraction of sp³-hybridized carbons (Fsp3) is 0.412. The van der Waals surface area contributed by atoms with Crippen LogP contribution in [0, 0.1) is 16.0 Å². The molecule has 138 valence electrons. The Morgan fingerprint density at radius 2 is 2.08 bits per heavy atom. The lowest BCUT2D eigenvalue weighted by molar-refractivity contribution is -0.383. The van der Waals surface area contributed by atoms with E-state index in [2.05, 4.69) is 22.2 Å². The largest absolute Gasteiger partial charge is 0.497 e. The molecule has 2 aromatic rings. The van der Waals surface area contributed by atoms with E-state index >= 15 is 0 Å². The number of hydrogen-bond donors (Lipinski definition) is 2. The molecule has 0 spiro atoms. The molecular weight excluding hydrogens is 336 g/mol.